The third kappa shape index (κ3) is 4.99. The third-order valence-corrected chi connectivity index (χ3v) is 5.69. The molecule has 0 fully saturated rings. The predicted octanol–water partition coefficient (Wildman–Crippen LogP) is 4.91. The lowest BCUT2D eigenvalue weighted by Gasteiger charge is -2.14. The molecule has 3 aromatic carbocycles. The van der Waals surface area contributed by atoms with Crippen molar-refractivity contribution in [2.45, 2.75) is 12.3 Å². The minimum atomic E-state index is -1.20. The van der Waals surface area contributed by atoms with Gasteiger partial charge in [0, 0.05) is 23.9 Å². The first-order valence-electron chi connectivity index (χ1n) is 10.4. The van der Waals surface area contributed by atoms with Crippen LogP contribution in [0.5, 0.6) is 0 Å². The lowest BCUT2D eigenvalue weighted by molar-refractivity contribution is -0.116. The number of nitrogens with one attached hydrogen (secondary N) is 2. The van der Waals surface area contributed by atoms with Crippen molar-refractivity contribution in [2.24, 2.45) is 0 Å². The second-order valence-corrected chi connectivity index (χ2v) is 7.98. The number of rotatable bonds is 7. The predicted molar refractivity (Wildman–Crippen MR) is 125 cm³/mol. The van der Waals surface area contributed by atoms with E-state index in [0.717, 1.165) is 22.3 Å². The number of halogens is 1. The summed E-state index contributed by atoms with van der Waals surface area (Å²) in [7, 11) is 0. The number of ether oxygens (including phenoxy) is 1. The molecule has 1 aliphatic carbocycles. The average molecular weight is 465 g/mol. The molecule has 0 bridgehead atoms. The van der Waals surface area contributed by atoms with E-state index in [0.29, 0.717) is 0 Å². The van der Waals surface area contributed by atoms with Crippen molar-refractivity contribution < 1.29 is 24.2 Å². The molecule has 0 unspecified atom stereocenters. The van der Waals surface area contributed by atoms with E-state index < -0.39 is 18.0 Å². The normalized spacial score (nSPS) is 11.9. The Morgan fingerprint density at radius 1 is 0.939 bits per heavy atom. The van der Waals surface area contributed by atoms with Gasteiger partial charge in [0.15, 0.2) is 0 Å². The first-order valence-corrected chi connectivity index (χ1v) is 10.7. The van der Waals surface area contributed by atoms with Crippen LogP contribution in [0.4, 0.5) is 10.5 Å². The van der Waals surface area contributed by atoms with E-state index in [2.05, 4.69) is 22.8 Å². The molecular weight excluding hydrogens is 444 g/mol. The molecule has 0 saturated carbocycles. The van der Waals surface area contributed by atoms with Crippen LogP contribution in [0.25, 0.3) is 11.1 Å². The summed E-state index contributed by atoms with van der Waals surface area (Å²) in [5.74, 6) is -1.70. The van der Waals surface area contributed by atoms with Gasteiger partial charge in [0.2, 0.25) is 5.91 Å². The standard InChI is InChI=1S/C25H21ClN2O5/c26-15-9-10-22(20(13-15)24(30)31)28-23(29)11-12-27-25(32)33-14-21-18-7-3-1-5-16(18)17-6-2-4-8-19(17)21/h1-10,13,21H,11-12,14H2,(H,27,32)(H,28,29)(H,30,31). The summed E-state index contributed by atoms with van der Waals surface area (Å²) in [5, 5.41) is 14.6. The summed E-state index contributed by atoms with van der Waals surface area (Å²) < 4.78 is 5.43. The smallest absolute Gasteiger partial charge is 0.407 e. The number of aromatic carboxylic acids is 1. The number of carbonyl (C=O) groups is 3. The Morgan fingerprint density at radius 3 is 2.21 bits per heavy atom. The highest BCUT2D eigenvalue weighted by Crippen LogP contribution is 2.44. The van der Waals surface area contributed by atoms with Gasteiger partial charge < -0.3 is 20.5 Å². The number of hydrogen-bond acceptors (Lipinski definition) is 4. The largest absolute Gasteiger partial charge is 0.478 e. The molecule has 3 N–H and O–H groups in total. The van der Waals surface area contributed by atoms with Crippen molar-refractivity contribution in [3.05, 3.63) is 88.4 Å². The van der Waals surface area contributed by atoms with Crippen molar-refractivity contribution in [1.82, 2.24) is 5.32 Å². The molecular formula is C25H21ClN2O5. The number of carboxylic acid groups (broad SMARTS) is 1. The molecule has 0 saturated heterocycles. The number of carboxylic acids is 1. The van der Waals surface area contributed by atoms with E-state index in [1.807, 2.05) is 36.4 Å². The molecule has 0 heterocycles. The topological polar surface area (TPSA) is 105 Å². The van der Waals surface area contributed by atoms with E-state index >= 15 is 0 Å². The maximum atomic E-state index is 12.2. The zero-order chi connectivity index (χ0) is 23.4. The maximum Gasteiger partial charge on any atom is 0.407 e. The highest BCUT2D eigenvalue weighted by Gasteiger charge is 2.29. The van der Waals surface area contributed by atoms with Crippen LogP contribution in [0.3, 0.4) is 0 Å². The van der Waals surface area contributed by atoms with E-state index in [-0.39, 0.29) is 41.8 Å². The van der Waals surface area contributed by atoms with Crippen molar-refractivity contribution in [3.8, 4) is 11.1 Å². The van der Waals surface area contributed by atoms with Gasteiger partial charge in [-0.3, -0.25) is 4.79 Å². The third-order valence-electron chi connectivity index (χ3n) is 5.45. The fourth-order valence-corrected chi connectivity index (χ4v) is 4.11. The Bertz CT molecular complexity index is 1180. The van der Waals surface area contributed by atoms with Crippen LogP contribution in [0.2, 0.25) is 5.02 Å². The van der Waals surface area contributed by atoms with Crippen LogP contribution < -0.4 is 10.6 Å². The molecule has 3 aromatic rings. The number of alkyl carbamates (subject to hydrolysis) is 1. The van der Waals surface area contributed by atoms with Crippen LogP contribution in [0.15, 0.2) is 66.7 Å². The summed E-state index contributed by atoms with van der Waals surface area (Å²) in [6.07, 6.45) is -0.673. The van der Waals surface area contributed by atoms with Gasteiger partial charge in [0.1, 0.15) is 6.61 Å². The average Bonchev–Trinajstić information content (AvgIpc) is 3.12. The molecule has 8 heteroatoms. The molecule has 2 amide bonds. The van der Waals surface area contributed by atoms with Crippen LogP contribution >= 0.6 is 11.6 Å². The molecule has 0 aliphatic heterocycles. The Kier molecular flexibility index (Phi) is 6.60. The Labute approximate surface area is 195 Å². The Morgan fingerprint density at radius 2 is 1.58 bits per heavy atom. The van der Waals surface area contributed by atoms with E-state index in [4.69, 9.17) is 16.3 Å². The van der Waals surface area contributed by atoms with E-state index in [1.54, 1.807) is 0 Å². The first-order chi connectivity index (χ1) is 15.9. The quantitative estimate of drug-likeness (QED) is 0.461. The highest BCUT2D eigenvalue weighted by atomic mass is 35.5. The van der Waals surface area contributed by atoms with Crippen molar-refractivity contribution in [3.63, 3.8) is 0 Å². The summed E-state index contributed by atoms with van der Waals surface area (Å²) in [4.78, 5) is 35.7. The van der Waals surface area contributed by atoms with Crippen LogP contribution in [0, 0.1) is 0 Å². The summed E-state index contributed by atoms with van der Waals surface area (Å²) >= 11 is 5.81. The molecule has 0 atom stereocenters. The van der Waals surface area contributed by atoms with Crippen molar-refractivity contribution >= 4 is 35.3 Å². The fraction of sp³-hybridized carbons (Fsp3) is 0.160. The molecule has 0 spiro atoms. The SMILES string of the molecule is O=C(CCNC(=O)OCC1c2ccccc2-c2ccccc21)Nc1ccc(Cl)cc1C(=O)O. The lowest BCUT2D eigenvalue weighted by atomic mass is 9.98. The molecule has 0 radical (unpaired) electrons. The highest BCUT2D eigenvalue weighted by molar-refractivity contribution is 6.31. The first kappa shape index (κ1) is 22.4. The van der Waals surface area contributed by atoms with Gasteiger partial charge >= 0.3 is 12.1 Å². The van der Waals surface area contributed by atoms with Crippen molar-refractivity contribution in [2.75, 3.05) is 18.5 Å². The number of carbonyl (C=O) groups excluding carboxylic acids is 2. The van der Waals surface area contributed by atoms with Crippen LogP contribution in [-0.4, -0.2) is 36.2 Å². The minimum Gasteiger partial charge on any atom is -0.478 e. The van der Waals surface area contributed by atoms with Crippen LogP contribution in [0.1, 0.15) is 33.8 Å². The van der Waals surface area contributed by atoms with Gasteiger partial charge in [-0.1, -0.05) is 60.1 Å². The molecule has 4 rings (SSSR count). The van der Waals surface area contributed by atoms with E-state index in [9.17, 15) is 19.5 Å². The summed E-state index contributed by atoms with van der Waals surface area (Å²) in [5.41, 5.74) is 4.54. The van der Waals surface area contributed by atoms with Gasteiger partial charge in [-0.2, -0.15) is 0 Å². The zero-order valence-corrected chi connectivity index (χ0v) is 18.3. The van der Waals surface area contributed by atoms with Crippen LogP contribution in [-0.2, 0) is 9.53 Å². The van der Waals surface area contributed by atoms with Gasteiger partial charge in [-0.25, -0.2) is 9.59 Å². The Hall–Kier alpha value is -3.84. The molecule has 7 nitrogen and oxygen atoms in total. The molecule has 1 aliphatic rings. The number of benzene rings is 3. The summed E-state index contributed by atoms with van der Waals surface area (Å²) in [6, 6.07) is 20.3. The molecule has 0 aromatic heterocycles. The minimum absolute atomic E-state index is 0.0402. The zero-order valence-electron chi connectivity index (χ0n) is 17.5. The number of anilines is 1. The monoisotopic (exact) mass is 464 g/mol. The molecule has 33 heavy (non-hydrogen) atoms. The number of fused-ring (bicyclic) bond motifs is 3. The van der Waals surface area contributed by atoms with Crippen molar-refractivity contribution in [1.29, 1.82) is 0 Å². The van der Waals surface area contributed by atoms with Gasteiger partial charge in [-0.05, 0) is 40.5 Å². The molecule has 168 valence electrons. The van der Waals surface area contributed by atoms with E-state index in [1.165, 1.54) is 18.2 Å². The van der Waals surface area contributed by atoms with Gasteiger partial charge in [0.25, 0.3) is 0 Å². The van der Waals surface area contributed by atoms with Gasteiger partial charge in [-0.15, -0.1) is 0 Å². The second-order valence-electron chi connectivity index (χ2n) is 7.55. The Balaban J connectivity index is 1.28. The summed E-state index contributed by atoms with van der Waals surface area (Å²) in [6.45, 7) is 0.220. The second kappa shape index (κ2) is 9.75. The number of amides is 2. The number of hydrogen-bond donors (Lipinski definition) is 3. The maximum absolute atomic E-state index is 12.2. The fourth-order valence-electron chi connectivity index (χ4n) is 3.94. The van der Waals surface area contributed by atoms with Gasteiger partial charge in [0.05, 0.1) is 11.3 Å². The lowest BCUT2D eigenvalue weighted by Crippen LogP contribution is -2.29.